The van der Waals surface area contributed by atoms with E-state index in [0.717, 1.165) is 16.4 Å². The number of nitrogens with zero attached hydrogens (tertiary/aromatic N) is 1. The van der Waals surface area contributed by atoms with E-state index in [2.05, 4.69) is 4.74 Å². The molecule has 0 radical (unpaired) electrons. The van der Waals surface area contributed by atoms with Gasteiger partial charge in [0.15, 0.2) is 0 Å². The average Bonchev–Trinajstić information content (AvgIpc) is 2.66. The van der Waals surface area contributed by atoms with Crippen LogP contribution in [0.25, 0.3) is 0 Å². The molecule has 0 spiro atoms. The summed E-state index contributed by atoms with van der Waals surface area (Å²) >= 11 is 0. The van der Waals surface area contributed by atoms with Gasteiger partial charge in [0.1, 0.15) is 22.2 Å². The number of carbonyl (C=O) groups is 1. The van der Waals surface area contributed by atoms with Crippen LogP contribution in [0, 0.1) is 5.82 Å². The van der Waals surface area contributed by atoms with E-state index >= 15 is 0 Å². The average molecular weight is 381 g/mol. The molecule has 0 saturated heterocycles. The Bertz CT molecular complexity index is 946. The standard InChI is InChI=1S/C17H16FNO6S/c1-23-14-8-7-11(18)9-16(14)26(21,22)19-10-15(17(20)24-2)25-13-6-4-3-5-12(13)19/h3-9,15H,10H2,1-2H3/t15-/m0/s1. The van der Waals surface area contributed by atoms with Gasteiger partial charge < -0.3 is 14.2 Å². The highest BCUT2D eigenvalue weighted by molar-refractivity contribution is 7.93. The number of halogens is 1. The Hall–Kier alpha value is -2.81. The SMILES string of the molecule is COC(=O)[C@@H]1CN(S(=O)(=O)c2cc(F)ccc2OC)c2ccccc2O1. The van der Waals surface area contributed by atoms with Crippen LogP contribution in [0.4, 0.5) is 10.1 Å². The Morgan fingerprint density at radius 1 is 1.23 bits per heavy atom. The Kier molecular flexibility index (Phi) is 4.73. The number of anilines is 1. The van der Waals surface area contributed by atoms with E-state index < -0.39 is 27.9 Å². The lowest BCUT2D eigenvalue weighted by molar-refractivity contribution is -0.148. The number of para-hydroxylation sites is 2. The maximum absolute atomic E-state index is 13.7. The monoisotopic (exact) mass is 381 g/mol. The van der Waals surface area contributed by atoms with Crippen molar-refractivity contribution in [3.63, 3.8) is 0 Å². The van der Waals surface area contributed by atoms with Crippen LogP contribution in [-0.4, -0.2) is 41.3 Å². The Morgan fingerprint density at radius 2 is 1.96 bits per heavy atom. The van der Waals surface area contributed by atoms with Gasteiger partial charge in [0.05, 0.1) is 26.5 Å². The minimum absolute atomic E-state index is 0.00927. The van der Waals surface area contributed by atoms with Crippen molar-refractivity contribution in [1.29, 1.82) is 0 Å². The number of esters is 1. The van der Waals surface area contributed by atoms with Crippen molar-refractivity contribution < 1.29 is 31.8 Å². The van der Waals surface area contributed by atoms with Crippen LogP contribution in [0.1, 0.15) is 0 Å². The van der Waals surface area contributed by atoms with Gasteiger partial charge in [-0.3, -0.25) is 4.31 Å². The third kappa shape index (κ3) is 3.05. The summed E-state index contributed by atoms with van der Waals surface area (Å²) in [5, 5.41) is 0. The van der Waals surface area contributed by atoms with Crippen molar-refractivity contribution in [2.45, 2.75) is 11.0 Å². The van der Waals surface area contributed by atoms with Crippen LogP contribution in [-0.2, 0) is 19.6 Å². The van der Waals surface area contributed by atoms with Crippen molar-refractivity contribution >= 4 is 21.7 Å². The molecule has 0 amide bonds. The van der Waals surface area contributed by atoms with Crippen molar-refractivity contribution in [3.05, 3.63) is 48.3 Å². The fraction of sp³-hybridized carbons (Fsp3) is 0.235. The first-order valence-electron chi connectivity index (χ1n) is 7.58. The van der Waals surface area contributed by atoms with E-state index in [9.17, 15) is 17.6 Å². The first-order valence-corrected chi connectivity index (χ1v) is 9.02. The molecular formula is C17H16FNO6S. The Morgan fingerprint density at radius 3 is 2.65 bits per heavy atom. The van der Waals surface area contributed by atoms with E-state index in [-0.39, 0.29) is 28.6 Å². The van der Waals surface area contributed by atoms with Crippen molar-refractivity contribution in [1.82, 2.24) is 0 Å². The molecule has 2 aromatic rings. The number of rotatable bonds is 4. The van der Waals surface area contributed by atoms with Crippen molar-refractivity contribution in [2.75, 3.05) is 25.1 Å². The zero-order valence-corrected chi connectivity index (χ0v) is 14.8. The molecule has 0 saturated carbocycles. The fourth-order valence-electron chi connectivity index (χ4n) is 2.65. The highest BCUT2D eigenvalue weighted by Gasteiger charge is 2.39. The minimum atomic E-state index is -4.23. The molecule has 1 aliphatic heterocycles. The fourth-order valence-corrected chi connectivity index (χ4v) is 4.30. The molecule has 9 heteroatoms. The molecule has 0 N–H and O–H groups in total. The smallest absolute Gasteiger partial charge is 0.348 e. The second-order valence-electron chi connectivity index (χ2n) is 5.43. The molecule has 3 rings (SSSR count). The van der Waals surface area contributed by atoms with Gasteiger partial charge in [-0.05, 0) is 30.3 Å². The van der Waals surface area contributed by atoms with Crippen LogP contribution in [0.15, 0.2) is 47.4 Å². The number of ether oxygens (including phenoxy) is 3. The van der Waals surface area contributed by atoms with Gasteiger partial charge in [-0.1, -0.05) is 12.1 Å². The van der Waals surface area contributed by atoms with Gasteiger partial charge in [-0.15, -0.1) is 0 Å². The number of hydrogen-bond acceptors (Lipinski definition) is 6. The van der Waals surface area contributed by atoms with Crippen LogP contribution >= 0.6 is 0 Å². The number of sulfonamides is 1. The van der Waals surface area contributed by atoms with Crippen LogP contribution in [0.2, 0.25) is 0 Å². The molecule has 1 atom stereocenters. The van der Waals surface area contributed by atoms with E-state index in [1.807, 2.05) is 0 Å². The number of hydrogen-bond donors (Lipinski definition) is 0. The summed E-state index contributed by atoms with van der Waals surface area (Å²) in [5.74, 6) is -1.25. The predicted octanol–water partition coefficient (Wildman–Crippen LogP) is 1.96. The zero-order chi connectivity index (χ0) is 18.9. The summed E-state index contributed by atoms with van der Waals surface area (Å²) in [4.78, 5) is 11.6. The molecule has 0 aliphatic carbocycles. The lowest BCUT2D eigenvalue weighted by atomic mass is 10.2. The molecule has 0 fully saturated rings. The van der Waals surface area contributed by atoms with Gasteiger partial charge in [-0.2, -0.15) is 0 Å². The maximum atomic E-state index is 13.7. The summed E-state index contributed by atoms with van der Waals surface area (Å²) in [6.45, 7) is -0.314. The van der Waals surface area contributed by atoms with Gasteiger partial charge in [-0.25, -0.2) is 17.6 Å². The summed E-state index contributed by atoms with van der Waals surface area (Å²) in [5.41, 5.74) is 0.235. The molecule has 26 heavy (non-hydrogen) atoms. The lowest BCUT2D eigenvalue weighted by Gasteiger charge is -2.34. The van der Waals surface area contributed by atoms with Crippen molar-refractivity contribution in [3.8, 4) is 11.5 Å². The third-order valence-electron chi connectivity index (χ3n) is 3.89. The number of carbonyl (C=O) groups excluding carboxylic acids is 1. The van der Waals surface area contributed by atoms with Crippen molar-refractivity contribution in [2.24, 2.45) is 0 Å². The van der Waals surface area contributed by atoms with E-state index in [4.69, 9.17) is 9.47 Å². The first-order chi connectivity index (χ1) is 12.4. The van der Waals surface area contributed by atoms with Crippen LogP contribution < -0.4 is 13.8 Å². The van der Waals surface area contributed by atoms with E-state index in [1.54, 1.807) is 12.1 Å². The van der Waals surface area contributed by atoms with E-state index in [1.165, 1.54) is 32.4 Å². The second-order valence-corrected chi connectivity index (χ2v) is 7.26. The quantitative estimate of drug-likeness (QED) is 0.753. The second kappa shape index (κ2) is 6.83. The van der Waals surface area contributed by atoms with Crippen LogP contribution in [0.5, 0.6) is 11.5 Å². The molecule has 0 aromatic heterocycles. The zero-order valence-electron chi connectivity index (χ0n) is 14.0. The Balaban J connectivity index is 2.14. The summed E-state index contributed by atoms with van der Waals surface area (Å²) in [7, 11) is -1.77. The Labute approximate surface area is 149 Å². The van der Waals surface area contributed by atoms with Gasteiger partial charge in [0.2, 0.25) is 6.10 Å². The molecule has 1 heterocycles. The van der Waals surface area contributed by atoms with Gasteiger partial charge in [0.25, 0.3) is 10.0 Å². The van der Waals surface area contributed by atoms with E-state index in [0.29, 0.717) is 0 Å². The summed E-state index contributed by atoms with van der Waals surface area (Å²) in [6, 6.07) is 9.55. The minimum Gasteiger partial charge on any atom is -0.495 e. The molecule has 0 bridgehead atoms. The number of benzene rings is 2. The van der Waals surface area contributed by atoms with Crippen LogP contribution in [0.3, 0.4) is 0 Å². The summed E-state index contributed by atoms with van der Waals surface area (Å²) in [6.07, 6.45) is -1.15. The predicted molar refractivity (Wildman–Crippen MR) is 90.4 cm³/mol. The first kappa shape index (κ1) is 18.0. The topological polar surface area (TPSA) is 82.1 Å². The lowest BCUT2D eigenvalue weighted by Crippen LogP contribution is -2.47. The highest BCUT2D eigenvalue weighted by atomic mass is 32.2. The largest absolute Gasteiger partial charge is 0.495 e. The van der Waals surface area contributed by atoms with Gasteiger partial charge >= 0.3 is 5.97 Å². The molecule has 7 nitrogen and oxygen atoms in total. The molecule has 1 aliphatic rings. The summed E-state index contributed by atoms with van der Waals surface area (Å²) < 4.78 is 56.4. The molecule has 0 unspecified atom stereocenters. The third-order valence-corrected chi connectivity index (χ3v) is 5.69. The maximum Gasteiger partial charge on any atom is 0.348 e. The van der Waals surface area contributed by atoms with Gasteiger partial charge in [0, 0.05) is 0 Å². The number of fused-ring (bicyclic) bond motifs is 1. The molecule has 2 aromatic carbocycles. The molecular weight excluding hydrogens is 365 g/mol. The normalized spacial score (nSPS) is 16.4. The number of methoxy groups -OCH3 is 2. The highest BCUT2D eigenvalue weighted by Crippen LogP contribution is 2.38. The molecule has 138 valence electrons.